The molecule has 3 rings (SSSR count). The summed E-state index contributed by atoms with van der Waals surface area (Å²) >= 11 is 0. The summed E-state index contributed by atoms with van der Waals surface area (Å²) in [4.78, 5) is 15.1. The van der Waals surface area contributed by atoms with Crippen LogP contribution in [0.1, 0.15) is 53.7 Å². The van der Waals surface area contributed by atoms with Crippen LogP contribution in [-0.4, -0.2) is 57.3 Å². The summed E-state index contributed by atoms with van der Waals surface area (Å²) in [5, 5.41) is 2.98. The van der Waals surface area contributed by atoms with Gasteiger partial charge >= 0.3 is 0 Å². The van der Waals surface area contributed by atoms with Gasteiger partial charge in [-0.3, -0.25) is 4.79 Å². The van der Waals surface area contributed by atoms with E-state index in [4.69, 9.17) is 0 Å². The zero-order valence-electron chi connectivity index (χ0n) is 18.7. The van der Waals surface area contributed by atoms with Crippen LogP contribution in [0.15, 0.2) is 53.4 Å². The van der Waals surface area contributed by atoms with Gasteiger partial charge in [-0.15, -0.1) is 0 Å². The highest BCUT2D eigenvalue weighted by Crippen LogP contribution is 2.22. The van der Waals surface area contributed by atoms with Crippen molar-refractivity contribution in [2.24, 2.45) is 0 Å². The largest absolute Gasteiger partial charge is 0.350 e. The zero-order valence-corrected chi connectivity index (χ0v) is 19.5. The van der Waals surface area contributed by atoms with E-state index in [1.54, 1.807) is 18.2 Å². The molecule has 1 aliphatic rings. The second-order valence-electron chi connectivity index (χ2n) is 8.28. The number of piperidine rings is 1. The number of nitrogens with zero attached hydrogens (tertiary/aromatic N) is 2. The van der Waals surface area contributed by atoms with E-state index >= 15 is 0 Å². The van der Waals surface area contributed by atoms with Gasteiger partial charge in [0.1, 0.15) is 0 Å². The van der Waals surface area contributed by atoms with Crippen molar-refractivity contribution in [3.8, 4) is 0 Å². The first-order chi connectivity index (χ1) is 14.8. The molecular formula is C24H33N3O3S. The molecule has 1 aliphatic heterocycles. The molecular weight excluding hydrogens is 410 g/mol. The summed E-state index contributed by atoms with van der Waals surface area (Å²) in [7, 11) is 0.398. The Balaban J connectivity index is 1.71. The van der Waals surface area contributed by atoms with E-state index in [9.17, 15) is 13.2 Å². The Bertz CT molecular complexity index is 981. The maximum Gasteiger partial charge on any atom is 0.251 e. The number of amides is 1. The summed E-state index contributed by atoms with van der Waals surface area (Å²) in [6.45, 7) is 3.64. The van der Waals surface area contributed by atoms with Crippen molar-refractivity contribution in [3.05, 3.63) is 65.2 Å². The molecule has 2 aromatic rings. The number of aryl methyl sites for hydroxylation is 1. The van der Waals surface area contributed by atoms with E-state index in [0.29, 0.717) is 25.2 Å². The predicted octanol–water partition coefficient (Wildman–Crippen LogP) is 3.46. The number of sulfonamides is 1. The lowest BCUT2D eigenvalue weighted by Gasteiger charge is -2.26. The number of rotatable bonds is 8. The standard InChI is InChI=1S/C24H33N3O3S/c1-4-19-11-13-20(14-12-19)23(26(2)3)18-25-24(28)21-9-8-10-22(17-21)31(29,30)27-15-6-5-7-16-27/h8-14,17,23H,4-7,15-16,18H2,1-3H3,(H,25,28). The fourth-order valence-electron chi connectivity index (χ4n) is 3.92. The van der Waals surface area contributed by atoms with Gasteiger partial charge in [0.2, 0.25) is 10.0 Å². The maximum absolute atomic E-state index is 12.9. The third-order valence-corrected chi connectivity index (χ3v) is 7.80. The third kappa shape index (κ3) is 5.73. The Morgan fingerprint density at radius 2 is 1.74 bits per heavy atom. The molecule has 0 aromatic heterocycles. The van der Waals surface area contributed by atoms with Crippen molar-refractivity contribution in [2.45, 2.75) is 43.5 Å². The van der Waals surface area contributed by atoms with Crippen molar-refractivity contribution in [1.29, 1.82) is 0 Å². The number of carbonyl (C=O) groups excluding carboxylic acids is 1. The molecule has 1 heterocycles. The van der Waals surface area contributed by atoms with Crippen molar-refractivity contribution in [1.82, 2.24) is 14.5 Å². The molecule has 1 unspecified atom stereocenters. The van der Waals surface area contributed by atoms with Gasteiger partial charge in [0.15, 0.2) is 0 Å². The highest BCUT2D eigenvalue weighted by atomic mass is 32.2. The third-order valence-electron chi connectivity index (χ3n) is 5.90. The minimum atomic E-state index is -3.57. The summed E-state index contributed by atoms with van der Waals surface area (Å²) in [6.07, 6.45) is 3.80. The zero-order chi connectivity index (χ0) is 22.4. The molecule has 1 fully saturated rings. The molecule has 0 saturated carbocycles. The number of hydrogen-bond acceptors (Lipinski definition) is 4. The number of carbonyl (C=O) groups is 1. The van der Waals surface area contributed by atoms with E-state index in [2.05, 4.69) is 41.4 Å². The lowest BCUT2D eigenvalue weighted by molar-refractivity contribution is 0.0941. The highest BCUT2D eigenvalue weighted by molar-refractivity contribution is 7.89. The van der Waals surface area contributed by atoms with Crippen LogP contribution in [0.3, 0.4) is 0 Å². The van der Waals surface area contributed by atoms with Gasteiger partial charge in [-0.25, -0.2) is 8.42 Å². The Morgan fingerprint density at radius 3 is 2.35 bits per heavy atom. The molecule has 6 nitrogen and oxygen atoms in total. The van der Waals surface area contributed by atoms with Crippen molar-refractivity contribution >= 4 is 15.9 Å². The van der Waals surface area contributed by atoms with E-state index in [-0.39, 0.29) is 16.8 Å². The Morgan fingerprint density at radius 1 is 1.06 bits per heavy atom. The van der Waals surface area contributed by atoms with Crippen LogP contribution in [0.2, 0.25) is 0 Å². The number of nitrogens with one attached hydrogen (secondary N) is 1. The number of hydrogen-bond donors (Lipinski definition) is 1. The van der Waals surface area contributed by atoms with Crippen LogP contribution in [0.4, 0.5) is 0 Å². The van der Waals surface area contributed by atoms with E-state index in [0.717, 1.165) is 31.2 Å². The summed E-state index contributed by atoms with van der Waals surface area (Å²) < 4.78 is 27.4. The summed E-state index contributed by atoms with van der Waals surface area (Å²) in [5.41, 5.74) is 2.76. The van der Waals surface area contributed by atoms with Crippen molar-refractivity contribution < 1.29 is 13.2 Å². The Hall–Kier alpha value is -2.22. The molecule has 7 heteroatoms. The lowest BCUT2D eigenvalue weighted by Crippen LogP contribution is -2.36. The van der Waals surface area contributed by atoms with Crippen LogP contribution < -0.4 is 5.32 Å². The van der Waals surface area contributed by atoms with E-state index in [1.807, 2.05) is 14.1 Å². The number of benzene rings is 2. The minimum Gasteiger partial charge on any atom is -0.350 e. The summed E-state index contributed by atoms with van der Waals surface area (Å²) in [6, 6.07) is 14.8. The molecule has 168 valence electrons. The van der Waals surface area contributed by atoms with Gasteiger partial charge in [0, 0.05) is 25.2 Å². The molecule has 1 saturated heterocycles. The van der Waals surface area contributed by atoms with Crippen LogP contribution in [-0.2, 0) is 16.4 Å². The quantitative estimate of drug-likeness (QED) is 0.678. The molecule has 0 radical (unpaired) electrons. The first kappa shape index (κ1) is 23.4. The van der Waals surface area contributed by atoms with Gasteiger partial charge < -0.3 is 10.2 Å². The molecule has 0 bridgehead atoms. The highest BCUT2D eigenvalue weighted by Gasteiger charge is 2.26. The Kier molecular flexibility index (Phi) is 7.86. The monoisotopic (exact) mass is 443 g/mol. The SMILES string of the molecule is CCc1ccc(C(CNC(=O)c2cccc(S(=O)(=O)N3CCCCC3)c2)N(C)C)cc1. The first-order valence-electron chi connectivity index (χ1n) is 11.0. The van der Waals surface area contributed by atoms with Crippen LogP contribution in [0, 0.1) is 0 Å². The van der Waals surface area contributed by atoms with Crippen molar-refractivity contribution in [2.75, 3.05) is 33.7 Å². The van der Waals surface area contributed by atoms with Gasteiger partial charge in [-0.05, 0) is 62.7 Å². The smallest absolute Gasteiger partial charge is 0.251 e. The van der Waals surface area contributed by atoms with Crippen molar-refractivity contribution in [3.63, 3.8) is 0 Å². The molecule has 31 heavy (non-hydrogen) atoms. The molecule has 1 amide bonds. The fourth-order valence-corrected chi connectivity index (χ4v) is 5.48. The van der Waals surface area contributed by atoms with Crippen LogP contribution in [0.5, 0.6) is 0 Å². The maximum atomic E-state index is 12.9. The molecule has 0 aliphatic carbocycles. The van der Waals surface area contributed by atoms with Gasteiger partial charge in [0.25, 0.3) is 5.91 Å². The molecule has 1 N–H and O–H groups in total. The average molecular weight is 444 g/mol. The summed E-state index contributed by atoms with van der Waals surface area (Å²) in [5.74, 6) is -0.271. The van der Waals surface area contributed by atoms with Gasteiger partial charge in [-0.1, -0.05) is 43.7 Å². The normalized spacial score (nSPS) is 16.3. The second kappa shape index (κ2) is 10.4. The molecule has 2 aromatic carbocycles. The predicted molar refractivity (Wildman–Crippen MR) is 124 cm³/mol. The second-order valence-corrected chi connectivity index (χ2v) is 10.2. The van der Waals surface area contributed by atoms with Crippen LogP contribution >= 0.6 is 0 Å². The van der Waals surface area contributed by atoms with Gasteiger partial charge in [0.05, 0.1) is 10.9 Å². The molecule has 0 spiro atoms. The van der Waals surface area contributed by atoms with Gasteiger partial charge in [-0.2, -0.15) is 4.31 Å². The fraction of sp³-hybridized carbons (Fsp3) is 0.458. The lowest BCUT2D eigenvalue weighted by atomic mass is 10.0. The van der Waals surface area contributed by atoms with E-state index < -0.39 is 10.0 Å². The molecule has 1 atom stereocenters. The van der Waals surface area contributed by atoms with E-state index in [1.165, 1.54) is 15.9 Å². The van der Waals surface area contributed by atoms with Crippen LogP contribution in [0.25, 0.3) is 0 Å². The number of likely N-dealkylation sites (N-methyl/N-ethyl adjacent to an activating group) is 1. The average Bonchev–Trinajstić information content (AvgIpc) is 2.80. The minimum absolute atomic E-state index is 0.0233. The topological polar surface area (TPSA) is 69.7 Å². The first-order valence-corrected chi connectivity index (χ1v) is 12.4. The Labute approximate surface area is 186 Å².